The van der Waals surface area contributed by atoms with Crippen LogP contribution < -0.4 is 15.5 Å². The molecule has 3 heterocycles. The van der Waals surface area contributed by atoms with Crippen LogP contribution in [0.2, 0.25) is 0 Å². The third kappa shape index (κ3) is 3.99. The SMILES string of the molecule is CN(C)c1nc(-c2ccc(N(C)[C@@H]3CC(N)CC4C[C@H]4C3)nn2)ccc1-c1cn[nH]c1. The molecule has 2 fully saturated rings. The average molecular weight is 419 g/mol. The average Bonchev–Trinajstić information content (AvgIpc) is 3.29. The highest BCUT2D eigenvalue weighted by Gasteiger charge is 2.43. The number of aromatic nitrogens is 5. The van der Waals surface area contributed by atoms with Crippen molar-refractivity contribution in [2.24, 2.45) is 17.6 Å². The normalized spacial score (nSPS) is 24.9. The molecule has 8 nitrogen and oxygen atoms in total. The van der Waals surface area contributed by atoms with Gasteiger partial charge in [0.05, 0.1) is 11.9 Å². The maximum absolute atomic E-state index is 6.36. The monoisotopic (exact) mass is 418 g/mol. The molecule has 3 aromatic heterocycles. The molecule has 162 valence electrons. The summed E-state index contributed by atoms with van der Waals surface area (Å²) < 4.78 is 0. The summed E-state index contributed by atoms with van der Waals surface area (Å²) in [5.41, 5.74) is 9.95. The van der Waals surface area contributed by atoms with Gasteiger partial charge >= 0.3 is 0 Å². The molecule has 8 heteroatoms. The van der Waals surface area contributed by atoms with Crippen molar-refractivity contribution >= 4 is 11.6 Å². The summed E-state index contributed by atoms with van der Waals surface area (Å²) in [6, 6.07) is 8.82. The van der Waals surface area contributed by atoms with Crippen molar-refractivity contribution in [3.8, 4) is 22.5 Å². The first kappa shape index (κ1) is 19.9. The number of nitrogens with zero attached hydrogens (tertiary/aromatic N) is 6. The highest BCUT2D eigenvalue weighted by Crippen LogP contribution is 2.48. The quantitative estimate of drug-likeness (QED) is 0.657. The Morgan fingerprint density at radius 1 is 0.935 bits per heavy atom. The summed E-state index contributed by atoms with van der Waals surface area (Å²) in [6.45, 7) is 0. The van der Waals surface area contributed by atoms with Crippen molar-refractivity contribution in [3.63, 3.8) is 0 Å². The molecule has 2 aliphatic carbocycles. The minimum absolute atomic E-state index is 0.291. The van der Waals surface area contributed by atoms with Crippen LogP contribution in [0, 0.1) is 11.8 Å². The van der Waals surface area contributed by atoms with Crippen LogP contribution in [0.3, 0.4) is 0 Å². The predicted molar refractivity (Wildman–Crippen MR) is 123 cm³/mol. The number of hydrogen-bond donors (Lipinski definition) is 2. The number of pyridine rings is 1. The van der Waals surface area contributed by atoms with E-state index in [2.05, 4.69) is 38.4 Å². The van der Waals surface area contributed by atoms with E-state index in [1.54, 1.807) is 6.20 Å². The van der Waals surface area contributed by atoms with Gasteiger partial charge in [-0.05, 0) is 61.8 Å². The Hall–Kier alpha value is -3.00. The van der Waals surface area contributed by atoms with Crippen LogP contribution in [0.25, 0.3) is 22.5 Å². The third-order valence-electron chi connectivity index (χ3n) is 6.75. The zero-order chi connectivity index (χ0) is 21.5. The number of rotatable bonds is 5. The zero-order valence-electron chi connectivity index (χ0n) is 18.4. The molecule has 0 spiro atoms. The molecule has 3 N–H and O–H groups in total. The number of aromatic amines is 1. The summed E-state index contributed by atoms with van der Waals surface area (Å²) in [7, 11) is 6.09. The van der Waals surface area contributed by atoms with E-state index >= 15 is 0 Å². The van der Waals surface area contributed by atoms with Gasteiger partial charge in [0.25, 0.3) is 0 Å². The molecule has 2 aliphatic rings. The Balaban J connectivity index is 1.38. The molecule has 0 saturated heterocycles. The number of anilines is 2. The lowest BCUT2D eigenvalue weighted by molar-refractivity contribution is 0.479. The van der Waals surface area contributed by atoms with Crippen molar-refractivity contribution in [2.75, 3.05) is 30.9 Å². The molecule has 5 rings (SSSR count). The highest BCUT2D eigenvalue weighted by molar-refractivity contribution is 5.77. The van der Waals surface area contributed by atoms with Crippen LogP contribution in [0.4, 0.5) is 11.6 Å². The van der Waals surface area contributed by atoms with E-state index in [1.165, 1.54) is 19.3 Å². The fourth-order valence-electron chi connectivity index (χ4n) is 4.88. The van der Waals surface area contributed by atoms with Crippen LogP contribution in [-0.2, 0) is 0 Å². The van der Waals surface area contributed by atoms with Gasteiger partial charge in [-0.3, -0.25) is 5.10 Å². The van der Waals surface area contributed by atoms with Crippen molar-refractivity contribution in [1.29, 1.82) is 0 Å². The molecule has 0 aromatic carbocycles. The molecule has 3 aromatic rings. The third-order valence-corrected chi connectivity index (χ3v) is 6.75. The lowest BCUT2D eigenvalue weighted by atomic mass is 10.0. The Labute approximate surface area is 182 Å². The first-order chi connectivity index (χ1) is 15.0. The lowest BCUT2D eigenvalue weighted by Gasteiger charge is -2.29. The van der Waals surface area contributed by atoms with Gasteiger partial charge in [-0.1, -0.05) is 0 Å². The maximum atomic E-state index is 6.36. The molecular weight excluding hydrogens is 388 g/mol. The summed E-state index contributed by atoms with van der Waals surface area (Å²) in [4.78, 5) is 9.12. The number of nitrogens with two attached hydrogens (primary N) is 1. The minimum Gasteiger partial charge on any atom is -0.362 e. The van der Waals surface area contributed by atoms with E-state index in [0.29, 0.717) is 12.1 Å². The second kappa shape index (κ2) is 7.92. The molecule has 31 heavy (non-hydrogen) atoms. The molecule has 2 unspecified atom stereocenters. The molecule has 2 saturated carbocycles. The smallest absolute Gasteiger partial charge is 0.151 e. The van der Waals surface area contributed by atoms with Crippen molar-refractivity contribution < 1.29 is 0 Å². The van der Waals surface area contributed by atoms with Crippen LogP contribution in [0.1, 0.15) is 25.7 Å². The van der Waals surface area contributed by atoms with Crippen LogP contribution in [0.15, 0.2) is 36.7 Å². The number of H-pyrrole nitrogens is 1. The number of fused-ring (bicyclic) bond motifs is 1. The van der Waals surface area contributed by atoms with E-state index in [4.69, 9.17) is 10.7 Å². The summed E-state index contributed by atoms with van der Waals surface area (Å²) >= 11 is 0. The van der Waals surface area contributed by atoms with Crippen LogP contribution in [0.5, 0.6) is 0 Å². The molecule has 0 radical (unpaired) electrons. The Morgan fingerprint density at radius 3 is 2.45 bits per heavy atom. The fraction of sp³-hybridized carbons (Fsp3) is 0.478. The number of hydrogen-bond acceptors (Lipinski definition) is 7. The van der Waals surface area contributed by atoms with Crippen molar-refractivity contribution in [1.82, 2.24) is 25.4 Å². The van der Waals surface area contributed by atoms with Gasteiger partial charge in [-0.25, -0.2) is 4.98 Å². The molecule has 0 amide bonds. The highest BCUT2D eigenvalue weighted by atomic mass is 15.3. The van der Waals surface area contributed by atoms with Crippen LogP contribution in [-0.4, -0.2) is 58.6 Å². The van der Waals surface area contributed by atoms with E-state index in [9.17, 15) is 0 Å². The van der Waals surface area contributed by atoms with Gasteiger partial charge in [0.2, 0.25) is 0 Å². The minimum atomic E-state index is 0.291. The molecule has 0 aliphatic heterocycles. The van der Waals surface area contributed by atoms with Crippen molar-refractivity contribution in [3.05, 3.63) is 36.7 Å². The zero-order valence-corrected chi connectivity index (χ0v) is 18.4. The largest absolute Gasteiger partial charge is 0.362 e. The summed E-state index contributed by atoms with van der Waals surface area (Å²) in [6.07, 6.45) is 8.43. The van der Waals surface area contributed by atoms with Gasteiger partial charge in [0, 0.05) is 50.6 Å². The maximum Gasteiger partial charge on any atom is 0.151 e. The first-order valence-corrected chi connectivity index (χ1v) is 11.0. The second-order valence-electron chi connectivity index (χ2n) is 9.21. The summed E-state index contributed by atoms with van der Waals surface area (Å²) in [5, 5.41) is 16.0. The van der Waals surface area contributed by atoms with Gasteiger partial charge in [0.15, 0.2) is 5.82 Å². The van der Waals surface area contributed by atoms with Gasteiger partial charge < -0.3 is 15.5 Å². The second-order valence-corrected chi connectivity index (χ2v) is 9.21. The van der Waals surface area contributed by atoms with Gasteiger partial charge in [-0.15, -0.1) is 10.2 Å². The molecule has 4 atom stereocenters. The first-order valence-electron chi connectivity index (χ1n) is 11.0. The van der Waals surface area contributed by atoms with Crippen molar-refractivity contribution in [2.45, 2.75) is 37.8 Å². The Morgan fingerprint density at radius 2 is 1.74 bits per heavy atom. The Bertz CT molecular complexity index is 1030. The number of nitrogens with one attached hydrogen (secondary N) is 1. The topological polar surface area (TPSA) is 99.8 Å². The van der Waals surface area contributed by atoms with Crippen LogP contribution >= 0.6 is 0 Å². The fourth-order valence-corrected chi connectivity index (χ4v) is 4.88. The predicted octanol–water partition coefficient (Wildman–Crippen LogP) is 2.95. The van der Waals surface area contributed by atoms with E-state index in [0.717, 1.165) is 52.4 Å². The van der Waals surface area contributed by atoms with E-state index in [-0.39, 0.29) is 0 Å². The summed E-state index contributed by atoms with van der Waals surface area (Å²) in [5.74, 6) is 3.45. The van der Waals surface area contributed by atoms with Gasteiger partial charge in [-0.2, -0.15) is 5.10 Å². The molecule has 0 bridgehead atoms. The van der Waals surface area contributed by atoms with E-state index < -0.39 is 0 Å². The van der Waals surface area contributed by atoms with Gasteiger partial charge in [0.1, 0.15) is 11.5 Å². The lowest BCUT2D eigenvalue weighted by Crippen LogP contribution is -2.37. The molecular formula is C23H30N8. The Kier molecular flexibility index (Phi) is 5.09. The standard InChI is InChI=1S/C23H30N8/c1-30(2)23-19(16-12-25-26-13-16)4-5-20(27-23)21-6-7-22(29-28-21)31(3)18-10-15-8-14(15)9-17(24)11-18/h4-7,12-15,17-18H,8-11,24H2,1-3H3,(H,25,26)/t14?,15-,17?,18-/m0/s1. The van der Waals surface area contributed by atoms with E-state index in [1.807, 2.05) is 43.4 Å².